The standard InChI is InChI=1S/C27H49NO4/c1-4-5-6-7-8-9-10-11-12-13-14-15-16-17-18-21-26(29)31-24-20-25-32-27(30)22-19-23-28(2)3/h8-9,11-12H,4-7,10,13-25H2,1-3H3/b9-8-,12-11-. The zero-order valence-corrected chi connectivity index (χ0v) is 21.1. The SMILES string of the molecule is CCCCC/C=C\C/C=C\CCCCCCCC(=O)OCCCOC(=O)CCCN(C)C. The molecule has 0 saturated heterocycles. The summed E-state index contributed by atoms with van der Waals surface area (Å²) in [6, 6.07) is 0. The quantitative estimate of drug-likeness (QED) is 0.105. The van der Waals surface area contributed by atoms with Crippen LogP contribution in [0.1, 0.15) is 103 Å². The number of hydrogen-bond donors (Lipinski definition) is 0. The van der Waals surface area contributed by atoms with Crippen molar-refractivity contribution in [3.05, 3.63) is 24.3 Å². The van der Waals surface area contributed by atoms with Crippen molar-refractivity contribution in [2.24, 2.45) is 0 Å². The second-order valence-corrected chi connectivity index (χ2v) is 8.68. The first-order chi connectivity index (χ1) is 15.6. The highest BCUT2D eigenvalue weighted by molar-refractivity contribution is 5.69. The van der Waals surface area contributed by atoms with Gasteiger partial charge in [-0.15, -0.1) is 0 Å². The Kier molecular flexibility index (Phi) is 22.8. The second-order valence-electron chi connectivity index (χ2n) is 8.68. The van der Waals surface area contributed by atoms with Crippen LogP contribution in [0.4, 0.5) is 0 Å². The molecular weight excluding hydrogens is 402 g/mol. The lowest BCUT2D eigenvalue weighted by Crippen LogP contribution is -2.15. The fourth-order valence-corrected chi connectivity index (χ4v) is 3.20. The molecule has 5 heteroatoms. The maximum Gasteiger partial charge on any atom is 0.305 e. The lowest BCUT2D eigenvalue weighted by molar-refractivity contribution is -0.146. The van der Waals surface area contributed by atoms with Crippen molar-refractivity contribution in [1.29, 1.82) is 0 Å². The van der Waals surface area contributed by atoms with Gasteiger partial charge in [-0.3, -0.25) is 9.59 Å². The van der Waals surface area contributed by atoms with E-state index < -0.39 is 0 Å². The van der Waals surface area contributed by atoms with Crippen LogP contribution in [-0.2, 0) is 19.1 Å². The van der Waals surface area contributed by atoms with Crippen molar-refractivity contribution >= 4 is 11.9 Å². The van der Waals surface area contributed by atoms with E-state index >= 15 is 0 Å². The van der Waals surface area contributed by atoms with Crippen molar-refractivity contribution in [3.63, 3.8) is 0 Å². The van der Waals surface area contributed by atoms with E-state index in [-0.39, 0.29) is 11.9 Å². The van der Waals surface area contributed by atoms with Gasteiger partial charge in [0.05, 0.1) is 13.2 Å². The highest BCUT2D eigenvalue weighted by Crippen LogP contribution is 2.09. The first kappa shape index (κ1) is 30.4. The minimum Gasteiger partial charge on any atom is -0.466 e. The third-order valence-corrected chi connectivity index (χ3v) is 5.13. The van der Waals surface area contributed by atoms with E-state index in [2.05, 4.69) is 31.2 Å². The predicted octanol–water partition coefficient (Wildman–Crippen LogP) is 6.62. The highest BCUT2D eigenvalue weighted by Gasteiger charge is 2.05. The molecule has 0 amide bonds. The van der Waals surface area contributed by atoms with E-state index in [0.29, 0.717) is 32.5 Å². The summed E-state index contributed by atoms with van der Waals surface area (Å²) in [5.74, 6) is -0.323. The van der Waals surface area contributed by atoms with Crippen LogP contribution in [0, 0.1) is 0 Å². The number of rotatable bonds is 22. The van der Waals surface area contributed by atoms with Gasteiger partial charge in [-0.2, -0.15) is 0 Å². The molecule has 0 heterocycles. The Morgan fingerprint density at radius 1 is 0.656 bits per heavy atom. The Balaban J connectivity index is 3.36. The molecule has 186 valence electrons. The summed E-state index contributed by atoms with van der Waals surface area (Å²) in [7, 11) is 3.96. The van der Waals surface area contributed by atoms with Gasteiger partial charge in [0.1, 0.15) is 0 Å². The van der Waals surface area contributed by atoms with Crippen LogP contribution in [0.5, 0.6) is 0 Å². The van der Waals surface area contributed by atoms with Gasteiger partial charge < -0.3 is 14.4 Å². The molecule has 0 saturated carbocycles. The van der Waals surface area contributed by atoms with Crippen molar-refractivity contribution in [3.8, 4) is 0 Å². The molecule has 0 unspecified atom stereocenters. The summed E-state index contributed by atoms with van der Waals surface area (Å²) < 4.78 is 10.3. The van der Waals surface area contributed by atoms with Crippen LogP contribution in [-0.4, -0.2) is 50.7 Å². The molecule has 0 spiro atoms. The average molecular weight is 452 g/mol. The zero-order valence-electron chi connectivity index (χ0n) is 21.1. The molecule has 0 aromatic carbocycles. The average Bonchev–Trinajstić information content (AvgIpc) is 2.76. The van der Waals surface area contributed by atoms with Gasteiger partial charge >= 0.3 is 11.9 Å². The predicted molar refractivity (Wildman–Crippen MR) is 134 cm³/mol. The van der Waals surface area contributed by atoms with Crippen LogP contribution >= 0.6 is 0 Å². The summed E-state index contributed by atoms with van der Waals surface area (Å²) in [5.41, 5.74) is 0. The Labute approximate surface area is 197 Å². The third-order valence-electron chi connectivity index (χ3n) is 5.13. The van der Waals surface area contributed by atoms with Gasteiger partial charge in [-0.1, -0.05) is 63.3 Å². The number of allylic oxidation sites excluding steroid dienone is 4. The van der Waals surface area contributed by atoms with E-state index in [1.165, 1.54) is 44.9 Å². The highest BCUT2D eigenvalue weighted by atomic mass is 16.5. The van der Waals surface area contributed by atoms with E-state index in [4.69, 9.17) is 9.47 Å². The molecule has 5 nitrogen and oxygen atoms in total. The van der Waals surface area contributed by atoms with Crippen LogP contribution < -0.4 is 0 Å². The minimum absolute atomic E-state index is 0.145. The molecule has 0 aliphatic rings. The third kappa shape index (κ3) is 24.6. The number of nitrogens with zero attached hydrogens (tertiary/aromatic N) is 1. The molecule has 0 rings (SSSR count). The van der Waals surface area contributed by atoms with Crippen molar-refractivity contribution < 1.29 is 19.1 Å². The van der Waals surface area contributed by atoms with Crippen molar-refractivity contribution in [1.82, 2.24) is 4.90 Å². The van der Waals surface area contributed by atoms with Gasteiger partial charge in [0.15, 0.2) is 0 Å². The molecule has 0 aromatic rings. The number of hydrogen-bond acceptors (Lipinski definition) is 5. The minimum atomic E-state index is -0.177. The van der Waals surface area contributed by atoms with E-state index in [1.807, 2.05) is 19.0 Å². The Morgan fingerprint density at radius 3 is 1.78 bits per heavy atom. The maximum atomic E-state index is 11.7. The van der Waals surface area contributed by atoms with Crippen LogP contribution in [0.15, 0.2) is 24.3 Å². The fourth-order valence-electron chi connectivity index (χ4n) is 3.20. The number of carbonyl (C=O) groups excluding carboxylic acids is 2. The first-order valence-electron chi connectivity index (χ1n) is 12.8. The number of carbonyl (C=O) groups is 2. The molecular formula is C27H49NO4. The molecule has 0 radical (unpaired) electrons. The summed E-state index contributed by atoms with van der Waals surface area (Å²) in [4.78, 5) is 25.3. The monoisotopic (exact) mass is 451 g/mol. The van der Waals surface area contributed by atoms with Gasteiger partial charge in [0, 0.05) is 19.3 Å². The van der Waals surface area contributed by atoms with Gasteiger partial charge in [-0.25, -0.2) is 0 Å². The molecule has 32 heavy (non-hydrogen) atoms. The molecule has 0 aliphatic carbocycles. The first-order valence-corrected chi connectivity index (χ1v) is 12.8. The van der Waals surface area contributed by atoms with E-state index in [9.17, 15) is 9.59 Å². The van der Waals surface area contributed by atoms with E-state index in [0.717, 1.165) is 38.6 Å². The van der Waals surface area contributed by atoms with Gasteiger partial charge in [-0.05, 0) is 65.6 Å². The van der Waals surface area contributed by atoms with Crippen LogP contribution in [0.2, 0.25) is 0 Å². The summed E-state index contributed by atoms with van der Waals surface area (Å²) >= 11 is 0. The number of unbranched alkanes of at least 4 members (excludes halogenated alkanes) is 8. The maximum absolute atomic E-state index is 11.7. The summed E-state index contributed by atoms with van der Waals surface area (Å²) in [5, 5.41) is 0. The Bertz CT molecular complexity index is 500. The molecule has 0 N–H and O–H groups in total. The Hall–Kier alpha value is -1.62. The molecule has 0 fully saturated rings. The zero-order chi connectivity index (χ0) is 23.7. The second kappa shape index (κ2) is 24.0. The van der Waals surface area contributed by atoms with Crippen molar-refractivity contribution in [2.75, 3.05) is 33.9 Å². The molecule has 0 aromatic heterocycles. The summed E-state index contributed by atoms with van der Waals surface area (Å²) in [6.07, 6.45) is 24.3. The van der Waals surface area contributed by atoms with Crippen LogP contribution in [0.3, 0.4) is 0 Å². The largest absolute Gasteiger partial charge is 0.466 e. The van der Waals surface area contributed by atoms with Crippen LogP contribution in [0.25, 0.3) is 0 Å². The molecule has 0 bridgehead atoms. The van der Waals surface area contributed by atoms with Crippen molar-refractivity contribution in [2.45, 2.75) is 103 Å². The number of esters is 2. The van der Waals surface area contributed by atoms with Gasteiger partial charge in [0.2, 0.25) is 0 Å². The Morgan fingerprint density at radius 2 is 1.19 bits per heavy atom. The fraction of sp³-hybridized carbons (Fsp3) is 0.778. The molecule has 0 aliphatic heterocycles. The van der Waals surface area contributed by atoms with Gasteiger partial charge in [0.25, 0.3) is 0 Å². The lowest BCUT2D eigenvalue weighted by Gasteiger charge is -2.09. The smallest absolute Gasteiger partial charge is 0.305 e. The topological polar surface area (TPSA) is 55.8 Å². The normalized spacial score (nSPS) is 11.6. The summed E-state index contributed by atoms with van der Waals surface area (Å²) in [6.45, 7) is 3.75. The number of ether oxygens (including phenoxy) is 2. The lowest BCUT2D eigenvalue weighted by atomic mass is 10.1. The molecule has 0 atom stereocenters. The van der Waals surface area contributed by atoms with E-state index in [1.54, 1.807) is 0 Å².